The fourth-order valence-electron chi connectivity index (χ4n) is 1.30. The number of oxime groups is 1. The van der Waals surface area contributed by atoms with E-state index < -0.39 is 0 Å². The predicted molar refractivity (Wildman–Crippen MR) is 55.9 cm³/mol. The van der Waals surface area contributed by atoms with Crippen molar-refractivity contribution < 1.29 is 5.21 Å². The summed E-state index contributed by atoms with van der Waals surface area (Å²) in [6.07, 6.45) is 6.62. The average Bonchev–Trinajstić information content (AvgIpc) is 2.33. The lowest BCUT2D eigenvalue weighted by atomic mass is 10.1. The second kappa shape index (κ2) is 4.32. The van der Waals surface area contributed by atoms with Crippen LogP contribution >= 0.6 is 0 Å². The summed E-state index contributed by atoms with van der Waals surface area (Å²) in [5.74, 6) is 0. The van der Waals surface area contributed by atoms with Gasteiger partial charge in [0.15, 0.2) is 0 Å². The summed E-state index contributed by atoms with van der Waals surface area (Å²) >= 11 is 0. The van der Waals surface area contributed by atoms with E-state index in [2.05, 4.69) is 15.1 Å². The molecule has 0 saturated heterocycles. The maximum Gasteiger partial charge on any atom is 0.117 e. The van der Waals surface area contributed by atoms with Crippen molar-refractivity contribution in [3.05, 3.63) is 60.2 Å². The van der Waals surface area contributed by atoms with Crippen LogP contribution in [-0.2, 0) is 0 Å². The molecule has 0 fully saturated rings. The summed E-state index contributed by atoms with van der Waals surface area (Å²) < 4.78 is 0. The summed E-state index contributed by atoms with van der Waals surface area (Å²) in [6, 6.07) is 7.15. The normalized spacial score (nSPS) is 9.60. The van der Waals surface area contributed by atoms with Crippen molar-refractivity contribution in [2.24, 2.45) is 5.16 Å². The Morgan fingerprint density at radius 3 is 1.60 bits per heavy atom. The van der Waals surface area contributed by atoms with E-state index in [9.17, 15) is 0 Å². The lowest BCUT2D eigenvalue weighted by Crippen LogP contribution is -2.03. The highest BCUT2D eigenvalue weighted by atomic mass is 16.4. The molecule has 2 rings (SSSR count). The minimum absolute atomic E-state index is 0.514. The number of rotatable bonds is 2. The molecule has 74 valence electrons. The molecule has 4 nitrogen and oxygen atoms in total. The van der Waals surface area contributed by atoms with Crippen LogP contribution in [0.15, 0.2) is 54.2 Å². The highest BCUT2D eigenvalue weighted by Crippen LogP contribution is 2.08. The number of aromatic nitrogens is 2. The van der Waals surface area contributed by atoms with Gasteiger partial charge in [0.05, 0.1) is 0 Å². The Labute approximate surface area is 86.9 Å². The van der Waals surface area contributed by atoms with Crippen molar-refractivity contribution in [2.75, 3.05) is 0 Å². The van der Waals surface area contributed by atoms with E-state index in [0.29, 0.717) is 5.71 Å². The van der Waals surface area contributed by atoms with Gasteiger partial charge in [-0.25, -0.2) is 0 Å². The Hall–Kier alpha value is -2.23. The van der Waals surface area contributed by atoms with Crippen molar-refractivity contribution in [1.82, 2.24) is 9.97 Å². The van der Waals surface area contributed by atoms with Gasteiger partial charge in [-0.05, 0) is 24.3 Å². The zero-order valence-corrected chi connectivity index (χ0v) is 7.91. The van der Waals surface area contributed by atoms with E-state index in [-0.39, 0.29) is 0 Å². The molecule has 0 unspecified atom stereocenters. The maximum absolute atomic E-state index is 8.98. The number of pyridine rings is 2. The highest BCUT2D eigenvalue weighted by Gasteiger charge is 2.06. The lowest BCUT2D eigenvalue weighted by molar-refractivity contribution is 0.319. The summed E-state index contributed by atoms with van der Waals surface area (Å²) in [7, 11) is 0. The summed E-state index contributed by atoms with van der Waals surface area (Å²) in [4.78, 5) is 7.81. The van der Waals surface area contributed by atoms with Crippen LogP contribution in [0.5, 0.6) is 0 Å². The Bertz CT molecular complexity index is 412. The van der Waals surface area contributed by atoms with Crippen LogP contribution in [0.1, 0.15) is 11.1 Å². The molecule has 0 aliphatic heterocycles. The first-order valence-corrected chi connectivity index (χ1v) is 4.44. The predicted octanol–water partition coefficient (Wildman–Crippen LogP) is 1.70. The number of hydrogen-bond acceptors (Lipinski definition) is 4. The molecular weight excluding hydrogens is 190 g/mol. The van der Waals surface area contributed by atoms with Crippen LogP contribution in [0.4, 0.5) is 0 Å². The lowest BCUT2D eigenvalue weighted by Gasteiger charge is -2.03. The second-order valence-electron chi connectivity index (χ2n) is 2.92. The summed E-state index contributed by atoms with van der Waals surface area (Å²) in [6.45, 7) is 0. The number of nitrogens with zero attached hydrogens (tertiary/aromatic N) is 3. The van der Waals surface area contributed by atoms with E-state index in [4.69, 9.17) is 5.21 Å². The minimum atomic E-state index is 0.514. The molecular formula is C11H9N3O. The van der Waals surface area contributed by atoms with E-state index in [1.54, 1.807) is 49.1 Å². The zero-order chi connectivity index (χ0) is 10.5. The van der Waals surface area contributed by atoms with E-state index >= 15 is 0 Å². The van der Waals surface area contributed by atoms with Gasteiger partial charge in [-0.3, -0.25) is 9.97 Å². The quantitative estimate of drug-likeness (QED) is 0.455. The molecule has 4 heteroatoms. The minimum Gasteiger partial charge on any atom is -0.410 e. The van der Waals surface area contributed by atoms with E-state index in [0.717, 1.165) is 11.1 Å². The Balaban J connectivity index is 2.44. The highest BCUT2D eigenvalue weighted by molar-refractivity contribution is 6.12. The molecule has 0 saturated carbocycles. The van der Waals surface area contributed by atoms with Crippen molar-refractivity contribution in [1.29, 1.82) is 0 Å². The second-order valence-corrected chi connectivity index (χ2v) is 2.92. The van der Waals surface area contributed by atoms with Gasteiger partial charge in [-0.1, -0.05) is 5.16 Å². The van der Waals surface area contributed by atoms with Gasteiger partial charge in [0.1, 0.15) is 5.71 Å². The van der Waals surface area contributed by atoms with Crippen LogP contribution in [0.2, 0.25) is 0 Å². The third-order valence-electron chi connectivity index (χ3n) is 2.01. The molecule has 2 aromatic heterocycles. The van der Waals surface area contributed by atoms with Gasteiger partial charge in [0.2, 0.25) is 0 Å². The molecule has 0 atom stereocenters. The van der Waals surface area contributed by atoms with Crippen molar-refractivity contribution in [2.45, 2.75) is 0 Å². The molecule has 1 N–H and O–H groups in total. The monoisotopic (exact) mass is 199 g/mol. The third kappa shape index (κ3) is 1.99. The molecule has 2 heterocycles. The standard InChI is InChI=1S/C11H9N3O/c15-14-11(9-1-5-12-6-2-9)10-3-7-13-8-4-10/h1-8,15H. The third-order valence-corrected chi connectivity index (χ3v) is 2.01. The van der Waals surface area contributed by atoms with Crippen LogP contribution in [-0.4, -0.2) is 20.9 Å². The summed E-state index contributed by atoms with van der Waals surface area (Å²) in [5, 5.41) is 12.3. The van der Waals surface area contributed by atoms with Crippen LogP contribution in [0, 0.1) is 0 Å². The van der Waals surface area contributed by atoms with Gasteiger partial charge in [0, 0.05) is 35.9 Å². The van der Waals surface area contributed by atoms with Crippen LogP contribution in [0.3, 0.4) is 0 Å². The first-order chi connectivity index (χ1) is 7.42. The topological polar surface area (TPSA) is 58.4 Å². The summed E-state index contributed by atoms with van der Waals surface area (Å²) in [5.41, 5.74) is 2.15. The van der Waals surface area contributed by atoms with Gasteiger partial charge in [-0.15, -0.1) is 0 Å². The maximum atomic E-state index is 8.98. The number of hydrogen-bond donors (Lipinski definition) is 1. The Kier molecular flexibility index (Phi) is 2.69. The van der Waals surface area contributed by atoms with Crippen molar-refractivity contribution in [3.8, 4) is 0 Å². The molecule has 0 aliphatic carbocycles. The zero-order valence-electron chi connectivity index (χ0n) is 7.91. The molecule has 0 aromatic carbocycles. The molecule has 15 heavy (non-hydrogen) atoms. The van der Waals surface area contributed by atoms with Crippen LogP contribution < -0.4 is 0 Å². The Morgan fingerprint density at radius 2 is 1.27 bits per heavy atom. The Morgan fingerprint density at radius 1 is 0.867 bits per heavy atom. The van der Waals surface area contributed by atoms with Crippen molar-refractivity contribution >= 4 is 5.71 Å². The van der Waals surface area contributed by atoms with Gasteiger partial charge < -0.3 is 5.21 Å². The van der Waals surface area contributed by atoms with Gasteiger partial charge in [-0.2, -0.15) is 0 Å². The molecule has 0 bridgehead atoms. The largest absolute Gasteiger partial charge is 0.410 e. The van der Waals surface area contributed by atoms with Gasteiger partial charge in [0.25, 0.3) is 0 Å². The fourth-order valence-corrected chi connectivity index (χ4v) is 1.30. The van der Waals surface area contributed by atoms with Crippen LogP contribution in [0.25, 0.3) is 0 Å². The molecule has 0 amide bonds. The molecule has 0 aliphatic rings. The van der Waals surface area contributed by atoms with Crippen molar-refractivity contribution in [3.63, 3.8) is 0 Å². The fraction of sp³-hybridized carbons (Fsp3) is 0. The smallest absolute Gasteiger partial charge is 0.117 e. The van der Waals surface area contributed by atoms with E-state index in [1.807, 2.05) is 0 Å². The first kappa shape index (κ1) is 9.33. The SMILES string of the molecule is ON=C(c1ccncc1)c1ccncc1. The van der Waals surface area contributed by atoms with E-state index in [1.165, 1.54) is 0 Å². The molecule has 0 radical (unpaired) electrons. The average molecular weight is 199 g/mol. The van der Waals surface area contributed by atoms with Gasteiger partial charge >= 0.3 is 0 Å². The molecule has 2 aromatic rings. The molecule has 0 spiro atoms. The first-order valence-electron chi connectivity index (χ1n) is 4.44.